The number of hydrogen-bond acceptors (Lipinski definition) is 5. The van der Waals surface area contributed by atoms with E-state index >= 15 is 0 Å². The quantitative estimate of drug-likeness (QED) is 0.303. The van der Waals surface area contributed by atoms with Crippen molar-refractivity contribution in [1.82, 2.24) is 0 Å². The molecule has 0 fully saturated rings. The molecule has 0 saturated carbocycles. The number of hydrogen-bond donors (Lipinski definition) is 1. The lowest BCUT2D eigenvalue weighted by Crippen LogP contribution is -2.15. The molecular weight excluding hydrogens is 276 g/mol. The Morgan fingerprint density at radius 1 is 1.19 bits per heavy atom. The van der Waals surface area contributed by atoms with Crippen molar-refractivity contribution in [2.75, 3.05) is 13.2 Å². The SMILES string of the molecule is C=C(C)C(=O)OCCOC(=O)C/C(=C\C=C/CC)C(=O)O. The number of allylic oxidation sites excluding steroid dienone is 3. The number of carboxylic acid groups (broad SMARTS) is 1. The van der Waals surface area contributed by atoms with Crippen LogP contribution in [0.3, 0.4) is 0 Å². The summed E-state index contributed by atoms with van der Waals surface area (Å²) in [7, 11) is 0. The van der Waals surface area contributed by atoms with Crippen molar-refractivity contribution in [3.8, 4) is 0 Å². The van der Waals surface area contributed by atoms with E-state index in [1.54, 1.807) is 12.2 Å². The first kappa shape index (κ1) is 18.6. The average molecular weight is 296 g/mol. The van der Waals surface area contributed by atoms with Crippen LogP contribution in [0.5, 0.6) is 0 Å². The second-order valence-electron chi connectivity index (χ2n) is 4.15. The number of rotatable bonds is 9. The molecule has 0 aliphatic heterocycles. The molecule has 0 rings (SSSR count). The first-order chi connectivity index (χ1) is 9.88. The predicted molar refractivity (Wildman–Crippen MR) is 76.5 cm³/mol. The van der Waals surface area contributed by atoms with Crippen molar-refractivity contribution in [3.05, 3.63) is 36.0 Å². The Kier molecular flexibility index (Phi) is 9.25. The van der Waals surface area contributed by atoms with E-state index in [9.17, 15) is 14.4 Å². The van der Waals surface area contributed by atoms with Gasteiger partial charge in [0.05, 0.1) is 6.42 Å². The van der Waals surface area contributed by atoms with Crippen LogP contribution in [0.2, 0.25) is 0 Å². The van der Waals surface area contributed by atoms with Crippen molar-refractivity contribution in [1.29, 1.82) is 0 Å². The van der Waals surface area contributed by atoms with Crippen molar-refractivity contribution in [2.24, 2.45) is 0 Å². The summed E-state index contributed by atoms with van der Waals surface area (Å²) in [6, 6.07) is 0. The molecule has 6 heteroatoms. The highest BCUT2D eigenvalue weighted by atomic mass is 16.6. The van der Waals surface area contributed by atoms with Gasteiger partial charge in [-0.05, 0) is 13.3 Å². The van der Waals surface area contributed by atoms with E-state index in [0.29, 0.717) is 0 Å². The summed E-state index contributed by atoms with van der Waals surface area (Å²) in [6.45, 7) is 6.58. The zero-order valence-corrected chi connectivity index (χ0v) is 12.3. The molecule has 0 unspecified atom stereocenters. The fourth-order valence-corrected chi connectivity index (χ4v) is 1.15. The molecular formula is C15H20O6. The van der Waals surface area contributed by atoms with Crippen molar-refractivity contribution in [3.63, 3.8) is 0 Å². The summed E-state index contributed by atoms with van der Waals surface area (Å²) in [5.74, 6) is -2.44. The van der Waals surface area contributed by atoms with E-state index in [2.05, 4.69) is 6.58 Å². The Hall–Kier alpha value is -2.37. The first-order valence-electron chi connectivity index (χ1n) is 6.45. The molecule has 21 heavy (non-hydrogen) atoms. The van der Waals surface area contributed by atoms with Crippen LogP contribution < -0.4 is 0 Å². The average Bonchev–Trinajstić information content (AvgIpc) is 2.42. The van der Waals surface area contributed by atoms with E-state index in [-0.39, 0.29) is 30.8 Å². The van der Waals surface area contributed by atoms with Gasteiger partial charge in [0.25, 0.3) is 0 Å². The van der Waals surface area contributed by atoms with E-state index in [1.165, 1.54) is 13.0 Å². The summed E-state index contributed by atoms with van der Waals surface area (Å²) in [5, 5.41) is 8.94. The van der Waals surface area contributed by atoms with Gasteiger partial charge in [0.2, 0.25) is 0 Å². The summed E-state index contributed by atoms with van der Waals surface area (Å²) >= 11 is 0. The minimum absolute atomic E-state index is 0.0661. The summed E-state index contributed by atoms with van der Waals surface area (Å²) in [6.07, 6.45) is 5.12. The Bertz CT molecular complexity index is 459. The third kappa shape index (κ3) is 9.21. The van der Waals surface area contributed by atoms with Crippen LogP contribution in [-0.4, -0.2) is 36.2 Å². The Morgan fingerprint density at radius 2 is 1.81 bits per heavy atom. The molecule has 0 aromatic heterocycles. The van der Waals surface area contributed by atoms with Crippen molar-refractivity contribution >= 4 is 17.9 Å². The minimum atomic E-state index is -1.18. The zero-order chi connectivity index (χ0) is 16.3. The molecule has 0 bridgehead atoms. The summed E-state index contributed by atoms with van der Waals surface area (Å²) < 4.78 is 9.51. The number of carbonyl (C=O) groups is 3. The fraction of sp³-hybridized carbons (Fsp3) is 0.400. The highest BCUT2D eigenvalue weighted by molar-refractivity contribution is 5.92. The van der Waals surface area contributed by atoms with Gasteiger partial charge >= 0.3 is 17.9 Å². The molecule has 0 aliphatic carbocycles. The molecule has 6 nitrogen and oxygen atoms in total. The number of ether oxygens (including phenoxy) is 2. The second-order valence-corrected chi connectivity index (χ2v) is 4.15. The largest absolute Gasteiger partial charge is 0.478 e. The van der Waals surface area contributed by atoms with E-state index in [1.807, 2.05) is 6.92 Å². The van der Waals surface area contributed by atoms with Gasteiger partial charge in [0.15, 0.2) is 0 Å². The maximum absolute atomic E-state index is 11.5. The minimum Gasteiger partial charge on any atom is -0.478 e. The third-order valence-electron chi connectivity index (χ3n) is 2.21. The maximum atomic E-state index is 11.5. The van der Waals surface area contributed by atoms with Gasteiger partial charge in [-0.3, -0.25) is 4.79 Å². The van der Waals surface area contributed by atoms with Gasteiger partial charge in [0.1, 0.15) is 13.2 Å². The van der Waals surface area contributed by atoms with Crippen LogP contribution in [0.1, 0.15) is 26.7 Å². The Morgan fingerprint density at radius 3 is 2.33 bits per heavy atom. The molecule has 0 spiro atoms. The second kappa shape index (κ2) is 10.4. The molecule has 0 heterocycles. The standard InChI is InChI=1S/C15H20O6/c1-4-5-6-7-12(14(17)18)10-13(16)20-8-9-21-15(19)11(2)3/h5-7H,2,4,8-10H2,1,3H3,(H,17,18)/b6-5-,12-7+. The summed E-state index contributed by atoms with van der Waals surface area (Å²) in [4.78, 5) is 33.4. The lowest BCUT2D eigenvalue weighted by molar-refractivity contribution is -0.150. The molecule has 0 atom stereocenters. The highest BCUT2D eigenvalue weighted by Gasteiger charge is 2.13. The molecule has 1 N–H and O–H groups in total. The molecule has 116 valence electrons. The Labute approximate surface area is 123 Å². The topological polar surface area (TPSA) is 89.9 Å². The molecule has 0 aromatic carbocycles. The van der Waals surface area contributed by atoms with Crippen molar-refractivity contribution in [2.45, 2.75) is 26.7 Å². The molecule has 0 saturated heterocycles. The number of carbonyl (C=O) groups excluding carboxylic acids is 2. The number of carboxylic acids is 1. The number of aliphatic carboxylic acids is 1. The monoisotopic (exact) mass is 296 g/mol. The van der Waals surface area contributed by atoms with E-state index < -0.39 is 17.9 Å². The van der Waals surface area contributed by atoms with Gasteiger partial charge in [-0.15, -0.1) is 0 Å². The normalized spacial score (nSPS) is 11.2. The van der Waals surface area contributed by atoms with Crippen LogP contribution in [-0.2, 0) is 23.9 Å². The molecule has 0 aliphatic rings. The molecule has 0 radical (unpaired) electrons. The van der Waals surface area contributed by atoms with Gasteiger partial charge in [-0.25, -0.2) is 9.59 Å². The van der Waals surface area contributed by atoms with Crippen molar-refractivity contribution < 1.29 is 29.0 Å². The maximum Gasteiger partial charge on any atom is 0.333 e. The van der Waals surface area contributed by atoms with Crippen LogP contribution in [0.4, 0.5) is 0 Å². The van der Waals surface area contributed by atoms with Crippen LogP contribution >= 0.6 is 0 Å². The van der Waals surface area contributed by atoms with Crippen LogP contribution in [0.25, 0.3) is 0 Å². The third-order valence-corrected chi connectivity index (χ3v) is 2.21. The lowest BCUT2D eigenvalue weighted by Gasteiger charge is -2.06. The highest BCUT2D eigenvalue weighted by Crippen LogP contribution is 2.04. The first-order valence-corrected chi connectivity index (χ1v) is 6.45. The lowest BCUT2D eigenvalue weighted by atomic mass is 10.1. The van der Waals surface area contributed by atoms with E-state index in [0.717, 1.165) is 6.42 Å². The van der Waals surface area contributed by atoms with Crippen LogP contribution in [0.15, 0.2) is 36.0 Å². The van der Waals surface area contributed by atoms with Gasteiger partial charge in [-0.2, -0.15) is 0 Å². The fourth-order valence-electron chi connectivity index (χ4n) is 1.15. The van der Waals surface area contributed by atoms with Gasteiger partial charge in [-0.1, -0.05) is 31.7 Å². The molecule has 0 aromatic rings. The van der Waals surface area contributed by atoms with Gasteiger partial charge < -0.3 is 14.6 Å². The van der Waals surface area contributed by atoms with Gasteiger partial charge in [0, 0.05) is 11.1 Å². The smallest absolute Gasteiger partial charge is 0.333 e. The van der Waals surface area contributed by atoms with E-state index in [4.69, 9.17) is 14.6 Å². The zero-order valence-electron chi connectivity index (χ0n) is 12.3. The van der Waals surface area contributed by atoms with Crippen LogP contribution in [0, 0.1) is 0 Å². The number of esters is 2. The predicted octanol–water partition coefficient (Wildman–Crippen LogP) is 2.02. The summed E-state index contributed by atoms with van der Waals surface area (Å²) in [5.41, 5.74) is 0.184. The molecule has 0 amide bonds. The Balaban J connectivity index is 4.19.